The molecule has 0 aliphatic carbocycles. The highest BCUT2D eigenvalue weighted by Crippen LogP contribution is 2.17. The number of carbonyl (C=O) groups excluding carboxylic acids is 1. The lowest BCUT2D eigenvalue weighted by atomic mass is 10.1. The number of aliphatic hydroxyl groups is 1. The van der Waals surface area contributed by atoms with E-state index in [-0.39, 0.29) is 12.4 Å². The number of benzene rings is 1. The first-order valence-corrected chi connectivity index (χ1v) is 7.57. The normalized spacial score (nSPS) is 12.1. The Morgan fingerprint density at radius 1 is 1.52 bits per heavy atom. The van der Waals surface area contributed by atoms with Gasteiger partial charge in [0.1, 0.15) is 12.4 Å². The minimum atomic E-state index is -0.604. The number of aromatic nitrogens is 2. The van der Waals surface area contributed by atoms with Crippen molar-refractivity contribution in [3.05, 3.63) is 42.2 Å². The number of hydrogen-bond donors (Lipinski definition) is 1. The average Bonchev–Trinajstić information content (AvgIpc) is 2.88. The minimum Gasteiger partial charge on any atom is -0.491 e. The molecule has 0 amide bonds. The molecule has 1 aromatic heterocycles. The highest BCUT2D eigenvalue weighted by molar-refractivity contribution is 7.99. The van der Waals surface area contributed by atoms with Crippen LogP contribution in [0.3, 0.4) is 0 Å². The molecule has 1 unspecified atom stereocenters. The van der Waals surface area contributed by atoms with E-state index in [0.29, 0.717) is 17.1 Å². The molecule has 1 aromatic carbocycles. The fraction of sp³-hybridized carbons (Fsp3) is 0.333. The molecule has 1 atom stereocenters. The van der Waals surface area contributed by atoms with Gasteiger partial charge >= 0.3 is 0 Å². The van der Waals surface area contributed by atoms with Crippen molar-refractivity contribution in [3.8, 4) is 5.75 Å². The van der Waals surface area contributed by atoms with Crippen LogP contribution in [0, 0.1) is 0 Å². The van der Waals surface area contributed by atoms with Crippen molar-refractivity contribution in [1.29, 1.82) is 0 Å². The number of ketones is 1. The summed E-state index contributed by atoms with van der Waals surface area (Å²) in [6.07, 6.45) is 2.98. The number of rotatable bonds is 7. The van der Waals surface area contributed by atoms with Crippen molar-refractivity contribution < 1.29 is 14.6 Å². The number of nitrogens with zero attached hydrogens (tertiary/aromatic N) is 2. The summed E-state index contributed by atoms with van der Waals surface area (Å²) in [5.41, 5.74) is 0.601. The van der Waals surface area contributed by atoms with Gasteiger partial charge in [-0.2, -0.15) is 0 Å². The lowest BCUT2D eigenvalue weighted by Gasteiger charge is -2.12. The molecule has 0 saturated heterocycles. The molecule has 0 spiro atoms. The summed E-state index contributed by atoms with van der Waals surface area (Å²) in [6.45, 7) is 1.69. The Labute approximate surface area is 128 Å². The topological polar surface area (TPSA) is 64.3 Å². The summed E-state index contributed by atoms with van der Waals surface area (Å²) in [4.78, 5) is 15.5. The highest BCUT2D eigenvalue weighted by Gasteiger charge is 2.09. The molecule has 0 radical (unpaired) electrons. The number of aryl methyl sites for hydroxylation is 1. The Hall–Kier alpha value is -1.79. The molecule has 6 heteroatoms. The molecule has 0 fully saturated rings. The van der Waals surface area contributed by atoms with E-state index in [2.05, 4.69) is 4.98 Å². The average molecular weight is 306 g/mol. The zero-order chi connectivity index (χ0) is 15.2. The lowest BCUT2D eigenvalue weighted by Crippen LogP contribution is -2.20. The number of imidazole rings is 1. The Kier molecular flexibility index (Phi) is 5.41. The molecule has 0 bridgehead atoms. The zero-order valence-electron chi connectivity index (χ0n) is 12.0. The van der Waals surface area contributed by atoms with Crippen LogP contribution in [0.4, 0.5) is 0 Å². The summed E-state index contributed by atoms with van der Waals surface area (Å²) in [6, 6.07) is 6.95. The van der Waals surface area contributed by atoms with Gasteiger partial charge in [0.2, 0.25) is 0 Å². The Morgan fingerprint density at radius 3 is 3.00 bits per heavy atom. The SMILES string of the molecule is CC(=O)c1cccc(OCC(O)CSc2nccn2C)c1. The molecule has 0 saturated carbocycles. The van der Waals surface area contributed by atoms with Crippen LogP contribution >= 0.6 is 11.8 Å². The van der Waals surface area contributed by atoms with Crippen molar-refractivity contribution in [1.82, 2.24) is 9.55 Å². The lowest BCUT2D eigenvalue weighted by molar-refractivity contribution is 0.101. The van der Waals surface area contributed by atoms with Gasteiger partial charge in [0.05, 0.1) is 6.10 Å². The van der Waals surface area contributed by atoms with E-state index in [1.165, 1.54) is 18.7 Å². The maximum absolute atomic E-state index is 11.3. The largest absolute Gasteiger partial charge is 0.491 e. The standard InChI is InChI=1S/C15H18N2O3S/c1-11(18)12-4-3-5-14(8-12)20-9-13(19)10-21-15-16-6-7-17(15)2/h3-8,13,19H,9-10H2,1-2H3. The van der Waals surface area contributed by atoms with Gasteiger partial charge in [-0.15, -0.1) is 0 Å². The van der Waals surface area contributed by atoms with Crippen LogP contribution in [0.1, 0.15) is 17.3 Å². The first-order valence-electron chi connectivity index (χ1n) is 6.58. The number of aliphatic hydroxyl groups excluding tert-OH is 1. The van der Waals surface area contributed by atoms with Crippen molar-refractivity contribution in [2.45, 2.75) is 18.2 Å². The van der Waals surface area contributed by atoms with Crippen molar-refractivity contribution in [2.75, 3.05) is 12.4 Å². The third-order valence-electron chi connectivity index (χ3n) is 2.86. The second-order valence-corrected chi connectivity index (χ2v) is 5.67. The smallest absolute Gasteiger partial charge is 0.167 e. The summed E-state index contributed by atoms with van der Waals surface area (Å²) in [5.74, 6) is 1.08. The third-order valence-corrected chi connectivity index (χ3v) is 4.07. The maximum atomic E-state index is 11.3. The first-order chi connectivity index (χ1) is 10.1. The molecule has 5 nitrogen and oxygen atoms in total. The summed E-state index contributed by atoms with van der Waals surface area (Å²) < 4.78 is 7.41. The maximum Gasteiger partial charge on any atom is 0.167 e. The zero-order valence-corrected chi connectivity index (χ0v) is 12.8. The predicted molar refractivity (Wildman–Crippen MR) is 81.9 cm³/mol. The number of carbonyl (C=O) groups is 1. The van der Waals surface area contributed by atoms with Gasteiger partial charge in [0.15, 0.2) is 10.9 Å². The van der Waals surface area contributed by atoms with E-state index in [4.69, 9.17) is 4.74 Å². The van der Waals surface area contributed by atoms with Crippen molar-refractivity contribution in [2.24, 2.45) is 7.05 Å². The van der Waals surface area contributed by atoms with Crippen LogP contribution < -0.4 is 4.74 Å². The Morgan fingerprint density at radius 2 is 2.33 bits per heavy atom. The van der Waals surface area contributed by atoms with Crippen LogP contribution in [-0.4, -0.2) is 38.9 Å². The number of thioether (sulfide) groups is 1. The molecule has 2 aromatic rings. The molecule has 2 rings (SSSR count). The van der Waals surface area contributed by atoms with E-state index >= 15 is 0 Å². The monoisotopic (exact) mass is 306 g/mol. The third kappa shape index (κ3) is 4.61. The summed E-state index contributed by atoms with van der Waals surface area (Å²) in [7, 11) is 1.91. The van der Waals surface area contributed by atoms with Gasteiger partial charge in [-0.05, 0) is 19.1 Å². The van der Waals surface area contributed by atoms with Gasteiger partial charge in [0.25, 0.3) is 0 Å². The highest BCUT2D eigenvalue weighted by atomic mass is 32.2. The van der Waals surface area contributed by atoms with E-state index in [0.717, 1.165) is 5.16 Å². The van der Waals surface area contributed by atoms with E-state index in [9.17, 15) is 9.90 Å². The van der Waals surface area contributed by atoms with Gasteiger partial charge in [-0.25, -0.2) is 4.98 Å². The summed E-state index contributed by atoms with van der Waals surface area (Å²) in [5, 5.41) is 10.8. The predicted octanol–water partition coefficient (Wildman–Crippen LogP) is 2.15. The van der Waals surface area contributed by atoms with E-state index in [1.807, 2.05) is 17.8 Å². The van der Waals surface area contributed by atoms with Crippen molar-refractivity contribution in [3.63, 3.8) is 0 Å². The molecular weight excluding hydrogens is 288 g/mol. The summed E-state index contributed by atoms with van der Waals surface area (Å²) >= 11 is 1.47. The van der Waals surface area contributed by atoms with Crippen LogP contribution in [0.5, 0.6) is 5.75 Å². The molecule has 1 N–H and O–H groups in total. The van der Waals surface area contributed by atoms with Crippen LogP contribution in [0.25, 0.3) is 0 Å². The number of ether oxygens (including phenoxy) is 1. The molecular formula is C15H18N2O3S. The molecule has 0 aliphatic rings. The second kappa shape index (κ2) is 7.28. The number of Topliss-reactive ketones (excluding diaryl/α,β-unsaturated/α-hetero) is 1. The van der Waals surface area contributed by atoms with Gasteiger partial charge in [0, 0.05) is 30.8 Å². The Balaban J connectivity index is 1.81. The molecule has 112 valence electrons. The fourth-order valence-corrected chi connectivity index (χ4v) is 2.54. The first kappa shape index (κ1) is 15.6. The van der Waals surface area contributed by atoms with Crippen LogP contribution in [0.15, 0.2) is 41.8 Å². The number of hydrogen-bond acceptors (Lipinski definition) is 5. The van der Waals surface area contributed by atoms with E-state index < -0.39 is 6.10 Å². The van der Waals surface area contributed by atoms with Gasteiger partial charge in [-0.3, -0.25) is 4.79 Å². The van der Waals surface area contributed by atoms with Crippen LogP contribution in [0.2, 0.25) is 0 Å². The van der Waals surface area contributed by atoms with Gasteiger partial charge < -0.3 is 14.4 Å². The van der Waals surface area contributed by atoms with Gasteiger partial charge in [-0.1, -0.05) is 23.9 Å². The quantitative estimate of drug-likeness (QED) is 0.627. The molecule has 21 heavy (non-hydrogen) atoms. The van der Waals surface area contributed by atoms with Crippen molar-refractivity contribution >= 4 is 17.5 Å². The van der Waals surface area contributed by atoms with Crippen LogP contribution in [-0.2, 0) is 7.05 Å². The van der Waals surface area contributed by atoms with E-state index in [1.54, 1.807) is 30.5 Å². The molecule has 0 aliphatic heterocycles. The molecule has 1 heterocycles. The second-order valence-electron chi connectivity index (χ2n) is 4.68. The fourth-order valence-electron chi connectivity index (χ4n) is 1.71. The minimum absolute atomic E-state index is 0.00802. The Bertz CT molecular complexity index is 612.